The zero-order valence-corrected chi connectivity index (χ0v) is 29.6. The second-order valence-corrected chi connectivity index (χ2v) is 13.8. The predicted octanol–water partition coefficient (Wildman–Crippen LogP) is 4.63. The fourth-order valence-electron chi connectivity index (χ4n) is 6.69. The maximum atomic E-state index is 14.4. The Morgan fingerprint density at radius 1 is 1.12 bits per heavy atom. The third-order valence-corrected chi connectivity index (χ3v) is 9.92. The van der Waals surface area contributed by atoms with Crippen LogP contribution in [0, 0.1) is 12.3 Å². The minimum atomic E-state index is -0.833. The summed E-state index contributed by atoms with van der Waals surface area (Å²) in [7, 11) is 0. The van der Waals surface area contributed by atoms with E-state index in [4.69, 9.17) is 9.84 Å². The van der Waals surface area contributed by atoms with Gasteiger partial charge < -0.3 is 15.0 Å². The molecule has 1 N–H and O–H groups in total. The predicted molar refractivity (Wildman–Crippen MR) is 188 cm³/mol. The third-order valence-electron chi connectivity index (χ3n) is 9.48. The van der Waals surface area contributed by atoms with Gasteiger partial charge in [-0.1, -0.05) is 19.1 Å². The lowest BCUT2D eigenvalue weighted by Gasteiger charge is -2.33. The summed E-state index contributed by atoms with van der Waals surface area (Å²) >= 11 is 3.41. The van der Waals surface area contributed by atoms with E-state index in [1.54, 1.807) is 42.5 Å². The zero-order chi connectivity index (χ0) is 35.2. The van der Waals surface area contributed by atoms with Gasteiger partial charge in [0.15, 0.2) is 5.78 Å². The Morgan fingerprint density at radius 3 is 2.70 bits per heavy atom. The summed E-state index contributed by atoms with van der Waals surface area (Å²) in [6.45, 7) is 8.08. The molecule has 0 saturated carbocycles. The number of pyridine rings is 2. The Kier molecular flexibility index (Phi) is 8.86. The molecule has 0 unspecified atom stereocenters. The van der Waals surface area contributed by atoms with Crippen LogP contribution in [0.15, 0.2) is 59.7 Å². The monoisotopic (exact) mass is 738 g/mol. The van der Waals surface area contributed by atoms with Gasteiger partial charge in [0.25, 0.3) is 0 Å². The highest BCUT2D eigenvalue weighted by molar-refractivity contribution is 9.10. The summed E-state index contributed by atoms with van der Waals surface area (Å²) in [6.07, 6.45) is 11.0. The number of hydrogen-bond donors (Lipinski definition) is 1. The average Bonchev–Trinajstić information content (AvgIpc) is 3.75. The lowest BCUT2D eigenvalue weighted by molar-refractivity contribution is -0.139. The summed E-state index contributed by atoms with van der Waals surface area (Å²) in [5.74, 6) is 0.0359. The molecule has 2 aliphatic heterocycles. The molecule has 7 heterocycles. The number of rotatable bonds is 4. The molecule has 3 atom stereocenters. The SMILES string of the molecule is CC(=O)c1nn(CC(=O)N2[C@H]3C[C@](C)(Cn4ccc(n4)/C=C/COCc4ccc(Br)nc4NC3=O)[C@H]2C)c2cnc(-c3cnc(C)nc3)cc12. The Hall–Kier alpha value is -5.15. The molecule has 1 fully saturated rings. The summed E-state index contributed by atoms with van der Waals surface area (Å²) in [4.78, 5) is 60.7. The smallest absolute Gasteiger partial charge is 0.248 e. The molecule has 7 rings (SSSR count). The molecule has 256 valence electrons. The fraction of sp³-hybridized carbons (Fsp3) is 0.343. The fourth-order valence-corrected chi connectivity index (χ4v) is 7.00. The van der Waals surface area contributed by atoms with Crippen molar-refractivity contribution in [2.75, 3.05) is 11.9 Å². The number of amides is 2. The molecule has 5 aromatic rings. The molecule has 0 radical (unpaired) electrons. The van der Waals surface area contributed by atoms with Crippen molar-refractivity contribution in [2.45, 2.75) is 65.9 Å². The van der Waals surface area contributed by atoms with Crippen LogP contribution in [0.2, 0.25) is 0 Å². The number of nitrogens with one attached hydrogen (secondary N) is 1. The van der Waals surface area contributed by atoms with Crippen molar-refractivity contribution in [1.82, 2.24) is 44.4 Å². The van der Waals surface area contributed by atoms with Gasteiger partial charge in [-0.2, -0.15) is 10.2 Å². The molecule has 15 heteroatoms. The minimum Gasteiger partial charge on any atom is -0.373 e. The number of ether oxygens (including phenoxy) is 1. The number of hydrogen-bond acceptors (Lipinski definition) is 10. The second kappa shape index (κ2) is 13.3. The first-order chi connectivity index (χ1) is 24.0. The van der Waals surface area contributed by atoms with E-state index in [2.05, 4.69) is 53.2 Å². The van der Waals surface area contributed by atoms with Crippen LogP contribution in [-0.2, 0) is 34.0 Å². The van der Waals surface area contributed by atoms with Crippen LogP contribution in [0.4, 0.5) is 5.82 Å². The highest BCUT2D eigenvalue weighted by atomic mass is 79.9. The topological polar surface area (TPSA) is 163 Å². The van der Waals surface area contributed by atoms with Crippen LogP contribution in [0.25, 0.3) is 28.2 Å². The van der Waals surface area contributed by atoms with E-state index in [1.807, 2.05) is 42.1 Å². The van der Waals surface area contributed by atoms with E-state index in [0.29, 0.717) is 63.5 Å². The van der Waals surface area contributed by atoms with Crippen molar-refractivity contribution in [3.05, 3.63) is 82.5 Å². The van der Waals surface area contributed by atoms with Gasteiger partial charge in [-0.25, -0.2) is 15.0 Å². The molecule has 0 aromatic carbocycles. The van der Waals surface area contributed by atoms with Crippen molar-refractivity contribution in [1.29, 1.82) is 0 Å². The third kappa shape index (κ3) is 6.45. The molecule has 2 aliphatic rings. The van der Waals surface area contributed by atoms with Crippen LogP contribution in [0.5, 0.6) is 0 Å². The Labute approximate surface area is 296 Å². The second-order valence-electron chi connectivity index (χ2n) is 13.0. The van der Waals surface area contributed by atoms with Gasteiger partial charge in [0.1, 0.15) is 34.5 Å². The molecule has 50 heavy (non-hydrogen) atoms. The lowest BCUT2D eigenvalue weighted by atomic mass is 9.82. The summed E-state index contributed by atoms with van der Waals surface area (Å²) in [6, 6.07) is 6.10. The van der Waals surface area contributed by atoms with Crippen molar-refractivity contribution in [3.8, 4) is 11.3 Å². The standard InChI is InChI=1S/C35H35BrN10O4/c1-20(47)32-26-12-27(24-14-37-22(3)38-15-24)39-16-29(26)45(43-32)17-31(48)46-21(2)35(4)13-28(46)34(49)41-33-23(7-8-30(36)40-33)18-50-11-5-6-25-9-10-44(19-35)42-25/h5-10,12,14-16,21,28H,11,13,17-19H2,1-4H3,(H,40,41,49)/b6-5+/t21-,28+,35-/m1/s1. The van der Waals surface area contributed by atoms with E-state index < -0.39 is 11.5 Å². The number of likely N-dealkylation sites (tertiary alicyclic amines) is 1. The van der Waals surface area contributed by atoms with Crippen LogP contribution >= 0.6 is 15.9 Å². The first-order valence-corrected chi connectivity index (χ1v) is 17.0. The number of nitrogens with zero attached hydrogens (tertiary/aromatic N) is 9. The number of aryl methyl sites for hydroxylation is 1. The number of carbonyl (C=O) groups excluding carboxylic acids is 3. The number of ketones is 1. The molecule has 0 aliphatic carbocycles. The van der Waals surface area contributed by atoms with E-state index in [9.17, 15) is 14.4 Å². The highest BCUT2D eigenvalue weighted by Gasteiger charge is 2.52. The number of aromatic nitrogens is 8. The molecule has 4 bridgehead atoms. The van der Waals surface area contributed by atoms with Gasteiger partial charge in [0.05, 0.1) is 36.3 Å². The Bertz CT molecular complexity index is 2160. The van der Waals surface area contributed by atoms with Crippen molar-refractivity contribution < 1.29 is 19.1 Å². The van der Waals surface area contributed by atoms with Crippen molar-refractivity contribution in [3.63, 3.8) is 0 Å². The van der Waals surface area contributed by atoms with Crippen LogP contribution in [-0.4, -0.2) is 80.7 Å². The summed E-state index contributed by atoms with van der Waals surface area (Å²) < 4.78 is 9.75. The average molecular weight is 740 g/mol. The maximum Gasteiger partial charge on any atom is 0.248 e. The molecular formula is C35H35BrN10O4. The van der Waals surface area contributed by atoms with Crippen molar-refractivity contribution in [2.24, 2.45) is 5.41 Å². The van der Waals surface area contributed by atoms with Crippen LogP contribution in [0.3, 0.4) is 0 Å². The van der Waals surface area contributed by atoms with E-state index in [1.165, 1.54) is 11.6 Å². The van der Waals surface area contributed by atoms with Crippen LogP contribution in [0.1, 0.15) is 54.8 Å². The largest absolute Gasteiger partial charge is 0.373 e. The van der Waals surface area contributed by atoms with Crippen LogP contribution < -0.4 is 5.32 Å². The van der Waals surface area contributed by atoms with Gasteiger partial charge in [0.2, 0.25) is 11.8 Å². The normalized spacial score (nSPS) is 21.5. The molecule has 5 aromatic heterocycles. The molecule has 14 nitrogen and oxygen atoms in total. The quantitative estimate of drug-likeness (QED) is 0.203. The lowest BCUT2D eigenvalue weighted by Crippen LogP contribution is -2.49. The zero-order valence-electron chi connectivity index (χ0n) is 28.0. The van der Waals surface area contributed by atoms with Gasteiger partial charge in [-0.15, -0.1) is 0 Å². The maximum absolute atomic E-state index is 14.4. The van der Waals surface area contributed by atoms with E-state index in [-0.39, 0.29) is 42.5 Å². The van der Waals surface area contributed by atoms with Crippen molar-refractivity contribution >= 4 is 56.3 Å². The highest BCUT2D eigenvalue weighted by Crippen LogP contribution is 2.43. The van der Waals surface area contributed by atoms with Gasteiger partial charge in [0, 0.05) is 60.0 Å². The van der Waals surface area contributed by atoms with Gasteiger partial charge in [-0.05, 0) is 60.5 Å². The molecule has 0 spiro atoms. The van der Waals surface area contributed by atoms with E-state index >= 15 is 0 Å². The number of anilines is 1. The Balaban J connectivity index is 1.25. The number of Topliss-reactive ketones (excluding diaryl/α,β-unsaturated/α-hetero) is 1. The van der Waals surface area contributed by atoms with Gasteiger partial charge in [-0.3, -0.25) is 28.7 Å². The molecular weight excluding hydrogens is 704 g/mol. The first kappa shape index (κ1) is 33.4. The first-order valence-electron chi connectivity index (χ1n) is 16.2. The summed E-state index contributed by atoms with van der Waals surface area (Å²) in [5, 5.41) is 12.8. The summed E-state index contributed by atoms with van der Waals surface area (Å²) in [5.41, 5.74) is 2.94. The number of fused-ring (bicyclic) bond motifs is 6. The molecule has 2 amide bonds. The van der Waals surface area contributed by atoms with E-state index in [0.717, 1.165) is 5.69 Å². The Morgan fingerprint density at radius 2 is 1.92 bits per heavy atom. The minimum absolute atomic E-state index is 0.215. The number of carbonyl (C=O) groups is 3. The molecule has 1 saturated heterocycles. The number of halogens is 1. The van der Waals surface area contributed by atoms with Gasteiger partial charge >= 0.3 is 0 Å².